The highest BCUT2D eigenvalue weighted by Crippen LogP contribution is 2.16. The summed E-state index contributed by atoms with van der Waals surface area (Å²) in [5.74, 6) is 1.02. The number of nitrogens with one attached hydrogen (secondary N) is 1. The van der Waals surface area contributed by atoms with Gasteiger partial charge in [0, 0.05) is 51.2 Å². The fourth-order valence-corrected chi connectivity index (χ4v) is 3.20. The molecule has 7 heteroatoms. The number of hydrogen-bond acceptors (Lipinski definition) is 4. The zero-order valence-corrected chi connectivity index (χ0v) is 14.2. The van der Waals surface area contributed by atoms with Crippen LogP contribution in [0.2, 0.25) is 0 Å². The average Bonchev–Trinajstić information content (AvgIpc) is 3.05. The van der Waals surface area contributed by atoms with Crippen LogP contribution >= 0.6 is 0 Å². The molecule has 2 aromatic rings. The first-order valence-corrected chi connectivity index (χ1v) is 7.98. The predicted octanol–water partition coefficient (Wildman–Crippen LogP) is 1.11. The molecule has 0 unspecified atom stereocenters. The van der Waals surface area contributed by atoms with Gasteiger partial charge in [-0.1, -0.05) is 0 Å². The van der Waals surface area contributed by atoms with Gasteiger partial charge in [-0.15, -0.1) is 0 Å². The number of imidazole rings is 1. The van der Waals surface area contributed by atoms with Crippen molar-refractivity contribution in [3.63, 3.8) is 0 Å². The molecule has 1 atom stereocenters. The monoisotopic (exact) mass is 316 g/mol. The quantitative estimate of drug-likeness (QED) is 0.921. The Bertz CT molecular complexity index is 703. The molecular formula is C16H24N6O. The standard InChI is InChI=1S/C16H24N6O/c1-11-8-21(10-15-12(2)18-13(3)19-15)5-6-22(11)16(23)14-7-17-20(4)9-14/h7,9,11H,5-6,8,10H2,1-4H3,(H,18,19)/t11-/m0/s1. The molecule has 2 aromatic heterocycles. The number of rotatable bonds is 3. The Morgan fingerprint density at radius 3 is 2.74 bits per heavy atom. The summed E-state index contributed by atoms with van der Waals surface area (Å²) in [6.45, 7) is 9.42. The second-order valence-electron chi connectivity index (χ2n) is 6.38. The van der Waals surface area contributed by atoms with Gasteiger partial charge in [0.05, 0.1) is 17.5 Å². The number of aryl methyl sites for hydroxylation is 3. The second-order valence-corrected chi connectivity index (χ2v) is 6.38. The van der Waals surface area contributed by atoms with Gasteiger partial charge in [-0.05, 0) is 20.8 Å². The highest BCUT2D eigenvalue weighted by molar-refractivity contribution is 5.94. The molecule has 3 rings (SSSR count). The molecule has 1 amide bonds. The summed E-state index contributed by atoms with van der Waals surface area (Å²) in [5.41, 5.74) is 2.89. The lowest BCUT2D eigenvalue weighted by Gasteiger charge is -2.39. The number of hydrogen-bond donors (Lipinski definition) is 1. The normalized spacial score (nSPS) is 19.3. The molecule has 0 aromatic carbocycles. The van der Waals surface area contributed by atoms with Crippen LogP contribution in [0, 0.1) is 13.8 Å². The third kappa shape index (κ3) is 3.29. The van der Waals surface area contributed by atoms with Crippen molar-refractivity contribution in [1.82, 2.24) is 29.5 Å². The molecule has 0 aliphatic carbocycles. The third-order valence-corrected chi connectivity index (χ3v) is 4.40. The first-order valence-electron chi connectivity index (χ1n) is 7.98. The summed E-state index contributed by atoms with van der Waals surface area (Å²) in [7, 11) is 1.83. The number of aromatic amines is 1. The molecule has 1 saturated heterocycles. The van der Waals surface area contributed by atoms with Gasteiger partial charge in [0.1, 0.15) is 5.82 Å². The average molecular weight is 316 g/mol. The molecule has 1 aliphatic rings. The molecular weight excluding hydrogens is 292 g/mol. The largest absolute Gasteiger partial charge is 0.346 e. The molecule has 3 heterocycles. The van der Waals surface area contributed by atoms with E-state index in [2.05, 4.69) is 33.8 Å². The van der Waals surface area contributed by atoms with Crippen LogP contribution < -0.4 is 0 Å². The maximum absolute atomic E-state index is 12.6. The van der Waals surface area contributed by atoms with Crippen LogP contribution in [0.1, 0.15) is 34.5 Å². The highest BCUT2D eigenvalue weighted by Gasteiger charge is 2.29. The van der Waals surface area contributed by atoms with Crippen molar-refractivity contribution >= 4 is 5.91 Å². The lowest BCUT2D eigenvalue weighted by atomic mass is 10.1. The molecule has 0 spiro atoms. The Hall–Kier alpha value is -2.15. The Morgan fingerprint density at radius 1 is 1.39 bits per heavy atom. The SMILES string of the molecule is Cc1nc(CN2CCN(C(=O)c3cnn(C)c3)[C@@H](C)C2)c(C)[nH]1. The van der Waals surface area contributed by atoms with Crippen molar-refractivity contribution in [2.45, 2.75) is 33.4 Å². The van der Waals surface area contributed by atoms with E-state index < -0.39 is 0 Å². The van der Waals surface area contributed by atoms with Gasteiger partial charge in [-0.25, -0.2) is 4.98 Å². The first kappa shape index (κ1) is 15.7. The summed E-state index contributed by atoms with van der Waals surface area (Å²) in [6.07, 6.45) is 3.41. The van der Waals surface area contributed by atoms with E-state index in [0.29, 0.717) is 5.56 Å². The van der Waals surface area contributed by atoms with Crippen LogP contribution in [-0.2, 0) is 13.6 Å². The van der Waals surface area contributed by atoms with E-state index in [9.17, 15) is 4.79 Å². The number of piperazine rings is 1. The van der Waals surface area contributed by atoms with Crippen LogP contribution in [0.3, 0.4) is 0 Å². The summed E-state index contributed by atoms with van der Waals surface area (Å²) in [5, 5.41) is 4.09. The van der Waals surface area contributed by atoms with Crippen LogP contribution in [0.4, 0.5) is 0 Å². The van der Waals surface area contributed by atoms with E-state index >= 15 is 0 Å². The van der Waals surface area contributed by atoms with E-state index in [1.54, 1.807) is 17.1 Å². The van der Waals surface area contributed by atoms with Gasteiger partial charge in [0.15, 0.2) is 0 Å². The molecule has 1 fully saturated rings. The Balaban J connectivity index is 1.63. The minimum Gasteiger partial charge on any atom is -0.346 e. The van der Waals surface area contributed by atoms with Crippen LogP contribution in [-0.4, -0.2) is 61.1 Å². The topological polar surface area (TPSA) is 70.1 Å². The lowest BCUT2D eigenvalue weighted by molar-refractivity contribution is 0.0473. The number of amides is 1. The van der Waals surface area contributed by atoms with E-state index in [-0.39, 0.29) is 11.9 Å². The van der Waals surface area contributed by atoms with E-state index in [1.165, 1.54) is 0 Å². The zero-order valence-electron chi connectivity index (χ0n) is 14.2. The number of aromatic nitrogens is 4. The second kappa shape index (κ2) is 6.16. The van der Waals surface area contributed by atoms with Crippen molar-refractivity contribution < 1.29 is 4.79 Å². The van der Waals surface area contributed by atoms with E-state index in [1.807, 2.05) is 18.9 Å². The molecule has 7 nitrogen and oxygen atoms in total. The molecule has 1 aliphatic heterocycles. The third-order valence-electron chi connectivity index (χ3n) is 4.40. The molecule has 0 radical (unpaired) electrons. The van der Waals surface area contributed by atoms with Gasteiger partial charge in [0.2, 0.25) is 0 Å². The lowest BCUT2D eigenvalue weighted by Crippen LogP contribution is -2.53. The minimum absolute atomic E-state index is 0.0667. The van der Waals surface area contributed by atoms with Crippen LogP contribution in [0.15, 0.2) is 12.4 Å². The Morgan fingerprint density at radius 2 is 2.17 bits per heavy atom. The van der Waals surface area contributed by atoms with Crippen molar-refractivity contribution in [3.05, 3.63) is 35.2 Å². The smallest absolute Gasteiger partial charge is 0.257 e. The molecule has 1 N–H and O–H groups in total. The predicted molar refractivity (Wildman–Crippen MR) is 87.0 cm³/mol. The van der Waals surface area contributed by atoms with E-state index in [4.69, 9.17) is 0 Å². The van der Waals surface area contributed by atoms with Crippen LogP contribution in [0.25, 0.3) is 0 Å². The summed E-state index contributed by atoms with van der Waals surface area (Å²) in [6, 6.07) is 0.178. The van der Waals surface area contributed by atoms with Crippen molar-refractivity contribution in [2.75, 3.05) is 19.6 Å². The number of carbonyl (C=O) groups is 1. The highest BCUT2D eigenvalue weighted by atomic mass is 16.2. The fourth-order valence-electron chi connectivity index (χ4n) is 3.20. The Labute approximate surface area is 136 Å². The zero-order chi connectivity index (χ0) is 16.6. The van der Waals surface area contributed by atoms with Gasteiger partial charge >= 0.3 is 0 Å². The number of H-pyrrole nitrogens is 1. The van der Waals surface area contributed by atoms with E-state index in [0.717, 1.165) is 43.4 Å². The summed E-state index contributed by atoms with van der Waals surface area (Å²) >= 11 is 0. The fraction of sp³-hybridized carbons (Fsp3) is 0.562. The first-order chi connectivity index (χ1) is 10.9. The number of nitrogens with zero attached hydrogens (tertiary/aromatic N) is 5. The molecule has 0 saturated carbocycles. The van der Waals surface area contributed by atoms with Gasteiger partial charge in [-0.3, -0.25) is 14.4 Å². The number of carbonyl (C=O) groups excluding carboxylic acids is 1. The molecule has 0 bridgehead atoms. The van der Waals surface area contributed by atoms with Gasteiger partial charge < -0.3 is 9.88 Å². The maximum atomic E-state index is 12.6. The van der Waals surface area contributed by atoms with Gasteiger partial charge in [-0.2, -0.15) is 5.10 Å². The van der Waals surface area contributed by atoms with Crippen molar-refractivity contribution in [1.29, 1.82) is 0 Å². The summed E-state index contributed by atoms with van der Waals surface area (Å²) < 4.78 is 1.66. The summed E-state index contributed by atoms with van der Waals surface area (Å²) in [4.78, 5) is 24.7. The van der Waals surface area contributed by atoms with Crippen LogP contribution in [0.5, 0.6) is 0 Å². The minimum atomic E-state index is 0.0667. The Kier molecular flexibility index (Phi) is 4.21. The molecule has 23 heavy (non-hydrogen) atoms. The van der Waals surface area contributed by atoms with Crippen molar-refractivity contribution in [2.24, 2.45) is 7.05 Å². The molecule has 124 valence electrons. The van der Waals surface area contributed by atoms with Gasteiger partial charge in [0.25, 0.3) is 5.91 Å². The van der Waals surface area contributed by atoms with Crippen molar-refractivity contribution in [3.8, 4) is 0 Å². The maximum Gasteiger partial charge on any atom is 0.257 e.